The minimum atomic E-state index is -1.05. The lowest BCUT2D eigenvalue weighted by Crippen LogP contribution is -2.54. The molecule has 43 heavy (non-hydrogen) atoms. The minimum Gasteiger partial charge on any atom is -0.476 e. The summed E-state index contributed by atoms with van der Waals surface area (Å²) >= 11 is 6.57. The van der Waals surface area contributed by atoms with Crippen LogP contribution in [0.5, 0.6) is 5.75 Å². The Balaban J connectivity index is 1.12. The first kappa shape index (κ1) is 29.5. The van der Waals surface area contributed by atoms with E-state index >= 15 is 0 Å². The van der Waals surface area contributed by atoms with Crippen LogP contribution >= 0.6 is 11.6 Å². The van der Waals surface area contributed by atoms with Crippen molar-refractivity contribution in [1.82, 2.24) is 25.3 Å². The van der Waals surface area contributed by atoms with E-state index in [2.05, 4.69) is 49.6 Å². The van der Waals surface area contributed by atoms with Gasteiger partial charge in [-0.2, -0.15) is 5.10 Å². The quantitative estimate of drug-likeness (QED) is 0.367. The van der Waals surface area contributed by atoms with Crippen molar-refractivity contribution in [2.75, 3.05) is 44.2 Å². The minimum absolute atomic E-state index is 0.0459. The lowest BCUT2D eigenvalue weighted by atomic mass is 9.95. The number of anilines is 1. The smallest absolute Gasteiger partial charge is 0.266 e. The number of H-pyrrole nitrogens is 1. The Morgan fingerprint density at radius 2 is 1.81 bits per heavy atom. The molecule has 3 fully saturated rings. The number of nitrogens with zero attached hydrogens (tertiary/aromatic N) is 4. The third-order valence-corrected chi connectivity index (χ3v) is 9.06. The fraction of sp³-hybridized carbons (Fsp3) is 0.485. The largest absolute Gasteiger partial charge is 0.476 e. The summed E-state index contributed by atoms with van der Waals surface area (Å²) in [6.07, 6.45) is 7.63. The molecule has 2 amide bonds. The Kier molecular flexibility index (Phi) is 8.63. The monoisotopic (exact) mass is 604 g/mol. The van der Waals surface area contributed by atoms with Gasteiger partial charge in [-0.25, -0.2) is 0 Å². The summed E-state index contributed by atoms with van der Waals surface area (Å²) < 4.78 is 6.28. The molecular formula is C33H41ClN6O3. The van der Waals surface area contributed by atoms with Gasteiger partial charge in [0.25, 0.3) is 5.91 Å². The van der Waals surface area contributed by atoms with Crippen LogP contribution in [-0.2, 0) is 16.1 Å². The number of aromatic amines is 1. The number of carbonyl (C=O) groups is 2. The molecule has 2 aromatic carbocycles. The highest BCUT2D eigenvalue weighted by atomic mass is 35.5. The molecule has 0 radical (unpaired) electrons. The lowest BCUT2D eigenvalue weighted by Gasteiger charge is -2.37. The molecule has 1 atom stereocenters. The summed E-state index contributed by atoms with van der Waals surface area (Å²) in [7, 11) is 0. The number of nitrogens with one attached hydrogen (secondary N) is 2. The standard InChI is InChI=1S/C33H41ClN6O3/c1-33(2,32(42)38-16-13-35-14-17-38)43-30-18-28(11-12-29(30)34)39-15-3-4-25(22-39)31(41)40(27-9-10-27)21-23-5-7-24(8-6-23)26-19-36-37-20-26/h5-8,11-12,18-20,25,27,35H,3-4,9-10,13-17,21-22H2,1-2H3,(H,36,37). The summed E-state index contributed by atoms with van der Waals surface area (Å²) in [5.41, 5.74) is 3.19. The summed E-state index contributed by atoms with van der Waals surface area (Å²) in [4.78, 5) is 33.4. The van der Waals surface area contributed by atoms with Crippen molar-refractivity contribution in [2.24, 2.45) is 5.92 Å². The van der Waals surface area contributed by atoms with Gasteiger partial charge >= 0.3 is 0 Å². The van der Waals surface area contributed by atoms with Gasteiger partial charge in [-0.3, -0.25) is 14.7 Å². The molecule has 1 saturated carbocycles. The normalized spacial score (nSPS) is 19.3. The summed E-state index contributed by atoms with van der Waals surface area (Å²) in [6, 6.07) is 14.5. The number of piperazine rings is 1. The van der Waals surface area contributed by atoms with Gasteiger partial charge in [0.05, 0.1) is 17.1 Å². The highest BCUT2D eigenvalue weighted by molar-refractivity contribution is 6.32. The molecule has 9 nitrogen and oxygen atoms in total. The predicted octanol–water partition coefficient (Wildman–Crippen LogP) is 4.73. The number of ether oxygens (including phenoxy) is 1. The number of piperidine rings is 1. The van der Waals surface area contributed by atoms with Gasteiger partial charge in [-0.15, -0.1) is 0 Å². The van der Waals surface area contributed by atoms with E-state index in [-0.39, 0.29) is 17.7 Å². The summed E-state index contributed by atoms with van der Waals surface area (Å²) in [5, 5.41) is 10.6. The molecule has 228 valence electrons. The molecule has 2 aliphatic heterocycles. The average molecular weight is 605 g/mol. The first-order valence-corrected chi connectivity index (χ1v) is 15.8. The van der Waals surface area contributed by atoms with Crippen LogP contribution in [0, 0.1) is 5.92 Å². The molecule has 10 heteroatoms. The molecule has 1 aromatic heterocycles. The molecule has 1 aliphatic carbocycles. The number of benzene rings is 2. The topological polar surface area (TPSA) is 93.8 Å². The zero-order chi connectivity index (χ0) is 30.0. The second-order valence-corrected chi connectivity index (χ2v) is 12.8. The van der Waals surface area contributed by atoms with Crippen molar-refractivity contribution in [3.05, 3.63) is 65.4 Å². The molecule has 0 bridgehead atoms. The van der Waals surface area contributed by atoms with E-state index in [1.807, 2.05) is 35.5 Å². The Morgan fingerprint density at radius 3 is 2.51 bits per heavy atom. The third kappa shape index (κ3) is 6.83. The number of hydrogen-bond acceptors (Lipinski definition) is 6. The third-order valence-electron chi connectivity index (χ3n) is 8.74. The van der Waals surface area contributed by atoms with Gasteiger partial charge < -0.3 is 24.8 Å². The molecular weight excluding hydrogens is 564 g/mol. The predicted molar refractivity (Wildman–Crippen MR) is 168 cm³/mol. The van der Waals surface area contributed by atoms with E-state index in [1.54, 1.807) is 13.8 Å². The molecule has 3 aromatic rings. The van der Waals surface area contributed by atoms with Crippen molar-refractivity contribution in [2.45, 2.75) is 57.7 Å². The number of rotatable bonds is 9. The molecule has 3 heterocycles. The first-order chi connectivity index (χ1) is 20.8. The molecule has 2 N–H and O–H groups in total. The van der Waals surface area contributed by atoms with Gasteiger partial charge in [-0.05, 0) is 62.8 Å². The Bertz CT molecular complexity index is 1420. The molecule has 6 rings (SSSR count). The van der Waals surface area contributed by atoms with E-state index in [4.69, 9.17) is 16.3 Å². The zero-order valence-corrected chi connectivity index (χ0v) is 25.8. The fourth-order valence-corrected chi connectivity index (χ4v) is 6.32. The van der Waals surface area contributed by atoms with E-state index in [0.29, 0.717) is 43.0 Å². The Morgan fingerprint density at radius 1 is 1.05 bits per heavy atom. The van der Waals surface area contributed by atoms with Crippen LogP contribution in [0.3, 0.4) is 0 Å². The van der Waals surface area contributed by atoms with Gasteiger partial charge in [0.15, 0.2) is 5.60 Å². The van der Waals surface area contributed by atoms with Crippen LogP contribution < -0.4 is 15.0 Å². The van der Waals surface area contributed by atoms with Crippen LogP contribution in [0.15, 0.2) is 54.9 Å². The number of carbonyl (C=O) groups excluding carboxylic acids is 2. The summed E-state index contributed by atoms with van der Waals surface area (Å²) in [5.74, 6) is 0.597. The maximum Gasteiger partial charge on any atom is 0.266 e. The Hall–Kier alpha value is -3.56. The van der Waals surface area contributed by atoms with E-state index < -0.39 is 5.60 Å². The maximum atomic E-state index is 13.9. The molecule has 3 aliphatic rings. The van der Waals surface area contributed by atoms with Gasteiger partial charge in [0.1, 0.15) is 5.75 Å². The van der Waals surface area contributed by atoms with Crippen LogP contribution in [-0.4, -0.2) is 82.7 Å². The number of halogens is 1. The highest BCUT2D eigenvalue weighted by Crippen LogP contribution is 2.36. The average Bonchev–Trinajstić information content (AvgIpc) is 3.73. The van der Waals surface area contributed by atoms with Gasteiger partial charge in [0.2, 0.25) is 5.91 Å². The Labute approximate surface area is 258 Å². The van der Waals surface area contributed by atoms with E-state index in [1.165, 1.54) is 0 Å². The van der Waals surface area contributed by atoms with Crippen LogP contribution in [0.2, 0.25) is 5.02 Å². The lowest BCUT2D eigenvalue weighted by molar-refractivity contribution is -0.146. The summed E-state index contributed by atoms with van der Waals surface area (Å²) in [6.45, 7) is 8.61. The van der Waals surface area contributed by atoms with Crippen LogP contribution in [0.1, 0.15) is 45.1 Å². The molecule has 2 saturated heterocycles. The van der Waals surface area contributed by atoms with E-state index in [0.717, 1.165) is 67.7 Å². The molecule has 0 spiro atoms. The first-order valence-electron chi connectivity index (χ1n) is 15.4. The number of aromatic nitrogens is 2. The fourth-order valence-electron chi connectivity index (χ4n) is 6.16. The van der Waals surface area contributed by atoms with Crippen molar-refractivity contribution in [3.63, 3.8) is 0 Å². The second-order valence-electron chi connectivity index (χ2n) is 12.4. The van der Waals surface area contributed by atoms with Crippen molar-refractivity contribution >= 4 is 29.1 Å². The van der Waals surface area contributed by atoms with Crippen molar-refractivity contribution < 1.29 is 14.3 Å². The van der Waals surface area contributed by atoms with Crippen LogP contribution in [0.25, 0.3) is 11.1 Å². The van der Waals surface area contributed by atoms with Gasteiger partial charge in [-0.1, -0.05) is 35.9 Å². The number of hydrogen-bond donors (Lipinski definition) is 2. The van der Waals surface area contributed by atoms with Crippen LogP contribution in [0.4, 0.5) is 5.69 Å². The van der Waals surface area contributed by atoms with Crippen molar-refractivity contribution in [3.8, 4) is 16.9 Å². The highest BCUT2D eigenvalue weighted by Gasteiger charge is 2.38. The molecule has 1 unspecified atom stereocenters. The van der Waals surface area contributed by atoms with Gasteiger partial charge in [0, 0.05) is 75.4 Å². The zero-order valence-electron chi connectivity index (χ0n) is 25.0. The number of amides is 2. The SMILES string of the molecule is CC(C)(Oc1cc(N2CCCC(C(=O)N(Cc3ccc(-c4cn[nH]c4)cc3)C3CC3)C2)ccc1Cl)C(=O)N1CCNCC1. The van der Waals surface area contributed by atoms with Crippen molar-refractivity contribution in [1.29, 1.82) is 0 Å². The van der Waals surface area contributed by atoms with E-state index in [9.17, 15) is 9.59 Å². The maximum absolute atomic E-state index is 13.9. The second kappa shape index (κ2) is 12.6.